The monoisotopic (exact) mass is 245 g/mol. The summed E-state index contributed by atoms with van der Waals surface area (Å²) in [6.07, 6.45) is -4.44. The molecule has 0 aliphatic carbocycles. The molecule has 0 bridgehead atoms. The highest BCUT2D eigenvalue weighted by atomic mass is 19.4. The number of rotatable bonds is 4. The van der Waals surface area contributed by atoms with Gasteiger partial charge in [0.15, 0.2) is 6.61 Å². The van der Waals surface area contributed by atoms with Crippen LogP contribution < -0.4 is 9.47 Å². The van der Waals surface area contributed by atoms with Crippen molar-refractivity contribution >= 4 is 0 Å². The number of nitriles is 1. The van der Waals surface area contributed by atoms with Gasteiger partial charge in [0.2, 0.25) is 0 Å². The second kappa shape index (κ2) is 5.43. The first-order valence-corrected chi connectivity index (χ1v) is 4.83. The van der Waals surface area contributed by atoms with Gasteiger partial charge in [0.1, 0.15) is 23.1 Å². The lowest BCUT2D eigenvalue weighted by Crippen LogP contribution is -2.19. The summed E-state index contributed by atoms with van der Waals surface area (Å²) in [5.74, 6) is 0.0884. The molecule has 0 fully saturated rings. The Kier molecular flexibility index (Phi) is 4.21. The third-order valence-electron chi connectivity index (χ3n) is 1.79. The quantitative estimate of drug-likeness (QED) is 0.819. The lowest BCUT2D eigenvalue weighted by atomic mass is 10.2. The molecule has 0 N–H and O–H groups in total. The van der Waals surface area contributed by atoms with Crippen LogP contribution in [0.5, 0.6) is 11.5 Å². The molecule has 1 aromatic rings. The van der Waals surface area contributed by atoms with Crippen LogP contribution in [-0.4, -0.2) is 19.4 Å². The van der Waals surface area contributed by atoms with Gasteiger partial charge in [-0.15, -0.1) is 0 Å². The van der Waals surface area contributed by atoms with E-state index in [-0.39, 0.29) is 17.1 Å². The second-order valence-electron chi connectivity index (χ2n) is 3.08. The SMILES string of the molecule is CCOc1cccc(OCC(F)(F)F)c1C#N. The van der Waals surface area contributed by atoms with Gasteiger partial charge >= 0.3 is 6.18 Å². The van der Waals surface area contributed by atoms with Crippen LogP contribution in [0.3, 0.4) is 0 Å². The second-order valence-corrected chi connectivity index (χ2v) is 3.08. The molecule has 3 nitrogen and oxygen atoms in total. The normalized spacial score (nSPS) is 10.8. The summed E-state index contributed by atoms with van der Waals surface area (Å²) in [7, 11) is 0. The molecule has 1 rings (SSSR count). The van der Waals surface area contributed by atoms with Crippen molar-refractivity contribution in [3.63, 3.8) is 0 Å². The Hall–Kier alpha value is -1.90. The number of benzene rings is 1. The van der Waals surface area contributed by atoms with Gasteiger partial charge in [0.05, 0.1) is 6.61 Å². The first-order valence-electron chi connectivity index (χ1n) is 4.83. The van der Waals surface area contributed by atoms with Crippen molar-refractivity contribution < 1.29 is 22.6 Å². The minimum atomic E-state index is -4.44. The van der Waals surface area contributed by atoms with E-state index in [1.807, 2.05) is 0 Å². The van der Waals surface area contributed by atoms with Crippen LogP contribution in [0.15, 0.2) is 18.2 Å². The van der Waals surface area contributed by atoms with Crippen LogP contribution in [0, 0.1) is 11.3 Å². The number of hydrogen-bond acceptors (Lipinski definition) is 3. The van der Waals surface area contributed by atoms with Gasteiger partial charge in [-0.3, -0.25) is 0 Å². The fourth-order valence-corrected chi connectivity index (χ4v) is 1.18. The van der Waals surface area contributed by atoms with Gasteiger partial charge in [-0.25, -0.2) is 0 Å². The predicted octanol–water partition coefficient (Wildman–Crippen LogP) is 2.90. The third-order valence-corrected chi connectivity index (χ3v) is 1.79. The average Bonchev–Trinajstić information content (AvgIpc) is 2.26. The van der Waals surface area contributed by atoms with E-state index in [2.05, 4.69) is 4.74 Å². The first-order chi connectivity index (χ1) is 7.98. The maximum absolute atomic E-state index is 12.0. The maximum Gasteiger partial charge on any atom is 0.422 e. The Morgan fingerprint density at radius 3 is 2.29 bits per heavy atom. The van der Waals surface area contributed by atoms with E-state index >= 15 is 0 Å². The van der Waals surface area contributed by atoms with Gasteiger partial charge in [0.25, 0.3) is 0 Å². The molecule has 6 heteroatoms. The average molecular weight is 245 g/mol. The summed E-state index contributed by atoms with van der Waals surface area (Å²) in [5.41, 5.74) is -0.0291. The third kappa shape index (κ3) is 3.87. The molecule has 0 unspecified atom stereocenters. The minimum Gasteiger partial charge on any atom is -0.492 e. The highest BCUT2D eigenvalue weighted by Gasteiger charge is 2.29. The van der Waals surface area contributed by atoms with Crippen LogP contribution in [0.1, 0.15) is 12.5 Å². The van der Waals surface area contributed by atoms with Crippen LogP contribution in [-0.2, 0) is 0 Å². The van der Waals surface area contributed by atoms with E-state index in [1.165, 1.54) is 18.2 Å². The standard InChI is InChI=1S/C11H10F3NO2/c1-2-16-9-4-3-5-10(8(9)6-15)17-7-11(12,13)14/h3-5H,2,7H2,1H3. The summed E-state index contributed by atoms with van der Waals surface area (Å²) in [4.78, 5) is 0. The Morgan fingerprint density at radius 1 is 1.24 bits per heavy atom. The highest BCUT2D eigenvalue weighted by Crippen LogP contribution is 2.29. The molecule has 0 aliphatic heterocycles. The lowest BCUT2D eigenvalue weighted by Gasteiger charge is -2.12. The van der Waals surface area contributed by atoms with Crippen LogP contribution in [0.2, 0.25) is 0 Å². The van der Waals surface area contributed by atoms with E-state index < -0.39 is 12.8 Å². The minimum absolute atomic E-state index is 0.0291. The van der Waals surface area contributed by atoms with Gasteiger partial charge < -0.3 is 9.47 Å². The largest absolute Gasteiger partial charge is 0.492 e. The number of alkyl halides is 3. The van der Waals surface area contributed by atoms with Crippen molar-refractivity contribution in [1.82, 2.24) is 0 Å². The molecular weight excluding hydrogens is 235 g/mol. The number of hydrogen-bond donors (Lipinski definition) is 0. The van der Waals surface area contributed by atoms with Crippen molar-refractivity contribution in [3.05, 3.63) is 23.8 Å². The molecule has 0 radical (unpaired) electrons. The van der Waals surface area contributed by atoms with E-state index in [0.29, 0.717) is 6.61 Å². The molecule has 0 atom stereocenters. The number of halogens is 3. The van der Waals surface area contributed by atoms with Crippen LogP contribution in [0.25, 0.3) is 0 Å². The molecule has 92 valence electrons. The fourth-order valence-electron chi connectivity index (χ4n) is 1.18. The summed E-state index contributed by atoms with van der Waals surface area (Å²) >= 11 is 0. The van der Waals surface area contributed by atoms with E-state index in [9.17, 15) is 13.2 Å². The molecular formula is C11H10F3NO2. The maximum atomic E-state index is 12.0. The van der Waals surface area contributed by atoms with Crippen molar-refractivity contribution in [3.8, 4) is 17.6 Å². The molecule has 0 spiro atoms. The Morgan fingerprint density at radius 2 is 1.82 bits per heavy atom. The summed E-state index contributed by atoms with van der Waals surface area (Å²) in [6.45, 7) is 0.596. The van der Waals surface area contributed by atoms with Gasteiger partial charge in [-0.05, 0) is 19.1 Å². The Bertz CT molecular complexity index is 424. The van der Waals surface area contributed by atoms with E-state index in [1.54, 1.807) is 13.0 Å². The molecule has 0 saturated heterocycles. The molecule has 17 heavy (non-hydrogen) atoms. The molecule has 0 amide bonds. The topological polar surface area (TPSA) is 42.2 Å². The Labute approximate surface area is 96.4 Å². The molecule has 0 saturated carbocycles. The molecule has 1 aromatic carbocycles. The molecule has 0 heterocycles. The van der Waals surface area contributed by atoms with Crippen molar-refractivity contribution in [2.75, 3.05) is 13.2 Å². The smallest absolute Gasteiger partial charge is 0.422 e. The zero-order valence-corrected chi connectivity index (χ0v) is 9.04. The van der Waals surface area contributed by atoms with E-state index in [4.69, 9.17) is 10.00 Å². The van der Waals surface area contributed by atoms with Crippen molar-refractivity contribution in [1.29, 1.82) is 5.26 Å². The van der Waals surface area contributed by atoms with Crippen LogP contribution >= 0.6 is 0 Å². The molecule has 0 aromatic heterocycles. The summed E-state index contributed by atoms with van der Waals surface area (Å²) < 4.78 is 45.6. The van der Waals surface area contributed by atoms with Gasteiger partial charge in [-0.1, -0.05) is 6.07 Å². The molecule has 0 aliphatic rings. The van der Waals surface area contributed by atoms with Crippen molar-refractivity contribution in [2.45, 2.75) is 13.1 Å². The number of ether oxygens (including phenoxy) is 2. The summed E-state index contributed by atoms with van der Waals surface area (Å²) in [6, 6.07) is 6.04. The Balaban J connectivity index is 2.92. The fraction of sp³-hybridized carbons (Fsp3) is 0.364. The van der Waals surface area contributed by atoms with Gasteiger partial charge in [-0.2, -0.15) is 18.4 Å². The van der Waals surface area contributed by atoms with Gasteiger partial charge in [0, 0.05) is 0 Å². The van der Waals surface area contributed by atoms with Crippen LogP contribution in [0.4, 0.5) is 13.2 Å². The first kappa shape index (κ1) is 13.2. The summed E-state index contributed by atoms with van der Waals surface area (Å²) in [5, 5.41) is 8.86. The zero-order valence-electron chi connectivity index (χ0n) is 9.04. The highest BCUT2D eigenvalue weighted by molar-refractivity contribution is 5.52. The lowest BCUT2D eigenvalue weighted by molar-refractivity contribution is -0.153. The zero-order chi connectivity index (χ0) is 12.9. The van der Waals surface area contributed by atoms with E-state index in [0.717, 1.165) is 0 Å². The number of nitrogens with zero attached hydrogens (tertiary/aromatic N) is 1. The van der Waals surface area contributed by atoms with Crippen molar-refractivity contribution in [2.24, 2.45) is 0 Å². The predicted molar refractivity (Wildman–Crippen MR) is 53.9 cm³/mol.